The summed E-state index contributed by atoms with van der Waals surface area (Å²) in [5.74, 6) is -0.729. The van der Waals surface area contributed by atoms with E-state index >= 15 is 0 Å². The van der Waals surface area contributed by atoms with Crippen LogP contribution in [-0.2, 0) is 32.7 Å². The Balaban J connectivity index is 2.45. The number of hydrogen-bond donors (Lipinski definition) is 0. The molecule has 1 aromatic carbocycles. The summed E-state index contributed by atoms with van der Waals surface area (Å²) in [6.07, 6.45) is 6.48. The third-order valence-corrected chi connectivity index (χ3v) is 7.75. The molecule has 0 aromatic heterocycles. The molecule has 0 saturated heterocycles. The molecule has 0 fully saturated rings. The van der Waals surface area contributed by atoms with Gasteiger partial charge in [0.15, 0.2) is 0 Å². The molecule has 0 spiro atoms. The van der Waals surface area contributed by atoms with Crippen LogP contribution in [0.3, 0.4) is 0 Å². The number of unbranched alkanes of at least 4 members (excludes halogenated alkanes) is 6. The molecule has 36 heavy (non-hydrogen) atoms. The highest BCUT2D eigenvalue weighted by Crippen LogP contribution is 2.48. The summed E-state index contributed by atoms with van der Waals surface area (Å²) < 4.78 is 35.7. The zero-order chi connectivity index (χ0) is 27.0. The molecule has 7 nitrogen and oxygen atoms in total. The second-order valence-electron chi connectivity index (χ2n) is 9.04. The zero-order valence-corrected chi connectivity index (χ0v) is 23.3. The van der Waals surface area contributed by atoms with Gasteiger partial charge in [0.25, 0.3) is 0 Å². The largest absolute Gasteiger partial charge is 0.462 e. The Kier molecular flexibility index (Phi) is 15.3. The number of benzene rings is 1. The molecule has 202 valence electrons. The lowest BCUT2D eigenvalue weighted by Gasteiger charge is -2.21. The number of carbonyl (C=O) groups is 2. The molecule has 0 atom stereocenters. The molecule has 0 aliphatic rings. The van der Waals surface area contributed by atoms with Gasteiger partial charge in [0.2, 0.25) is 0 Å². The highest BCUT2D eigenvalue weighted by molar-refractivity contribution is 7.62. The first-order valence-electron chi connectivity index (χ1n) is 12.7. The van der Waals surface area contributed by atoms with Crippen LogP contribution in [-0.4, -0.2) is 38.4 Å². The van der Waals surface area contributed by atoms with Crippen molar-refractivity contribution in [3.63, 3.8) is 0 Å². The molecule has 1 aromatic rings. The average Bonchev–Trinajstić information content (AvgIpc) is 2.83. The van der Waals surface area contributed by atoms with Crippen molar-refractivity contribution in [1.82, 2.24) is 0 Å². The Morgan fingerprint density at radius 2 is 1.14 bits per heavy atom. The summed E-state index contributed by atoms with van der Waals surface area (Å²) in [7, 11) is -3.47. The predicted molar refractivity (Wildman–Crippen MR) is 144 cm³/mol. The molecule has 8 heteroatoms. The van der Waals surface area contributed by atoms with Crippen LogP contribution < -0.4 is 5.30 Å². The number of hydrogen-bond acceptors (Lipinski definition) is 7. The normalized spacial score (nSPS) is 11.2. The van der Waals surface area contributed by atoms with Gasteiger partial charge in [-0.05, 0) is 83.4 Å². The van der Waals surface area contributed by atoms with Crippen molar-refractivity contribution < 1.29 is 32.7 Å². The number of ether oxygens (including phenoxy) is 2. The van der Waals surface area contributed by atoms with Crippen LogP contribution in [0.1, 0.15) is 76.3 Å². The molecule has 0 heterocycles. The van der Waals surface area contributed by atoms with Gasteiger partial charge in [0, 0.05) is 11.1 Å². The van der Waals surface area contributed by atoms with Gasteiger partial charge >= 0.3 is 19.5 Å². The first kappa shape index (κ1) is 31.8. The zero-order valence-electron chi connectivity index (χ0n) is 22.4. The Labute approximate surface area is 216 Å². The molecule has 0 saturated carbocycles. The van der Waals surface area contributed by atoms with Crippen molar-refractivity contribution in [1.29, 1.82) is 0 Å². The molecular formula is C28H43O7P. The Hall–Kier alpha value is -2.21. The molecule has 1 rings (SSSR count). The number of esters is 2. The van der Waals surface area contributed by atoms with Crippen molar-refractivity contribution in [2.24, 2.45) is 0 Å². The Morgan fingerprint density at radius 3 is 1.56 bits per heavy atom. The van der Waals surface area contributed by atoms with Gasteiger partial charge in [-0.25, -0.2) is 9.59 Å². The lowest BCUT2D eigenvalue weighted by atomic mass is 10.1. The van der Waals surface area contributed by atoms with Crippen LogP contribution in [0.25, 0.3) is 0 Å². The molecule has 0 radical (unpaired) electrons. The van der Waals surface area contributed by atoms with Gasteiger partial charge in [-0.15, -0.1) is 0 Å². The molecule has 0 amide bonds. The highest BCUT2D eigenvalue weighted by atomic mass is 31.2. The van der Waals surface area contributed by atoms with Crippen LogP contribution in [0, 0.1) is 13.8 Å². The number of rotatable bonds is 19. The van der Waals surface area contributed by atoms with E-state index in [0.29, 0.717) is 42.9 Å². The van der Waals surface area contributed by atoms with Crippen molar-refractivity contribution in [3.8, 4) is 0 Å². The summed E-state index contributed by atoms with van der Waals surface area (Å²) in [5.41, 5.74) is 2.75. The van der Waals surface area contributed by atoms with E-state index in [1.54, 1.807) is 13.8 Å². The third-order valence-electron chi connectivity index (χ3n) is 5.63. The van der Waals surface area contributed by atoms with Crippen LogP contribution in [0.15, 0.2) is 42.5 Å². The monoisotopic (exact) mass is 522 g/mol. The molecule has 0 aliphatic heterocycles. The Bertz CT molecular complexity index is 876. The van der Waals surface area contributed by atoms with E-state index in [1.165, 1.54) is 0 Å². The second kappa shape index (κ2) is 17.3. The summed E-state index contributed by atoms with van der Waals surface area (Å²) >= 11 is 0. The fourth-order valence-electron chi connectivity index (χ4n) is 3.27. The molecule has 0 aliphatic carbocycles. The maximum absolute atomic E-state index is 13.8. The third kappa shape index (κ3) is 12.2. The summed E-state index contributed by atoms with van der Waals surface area (Å²) in [4.78, 5) is 22.8. The molecule has 0 N–H and O–H groups in total. The minimum atomic E-state index is -3.47. The molecule has 0 unspecified atom stereocenters. The maximum Gasteiger partial charge on any atom is 0.361 e. The van der Waals surface area contributed by atoms with Crippen molar-refractivity contribution in [2.45, 2.75) is 79.1 Å². The van der Waals surface area contributed by atoms with E-state index < -0.39 is 7.60 Å². The highest BCUT2D eigenvalue weighted by Gasteiger charge is 2.29. The van der Waals surface area contributed by atoms with E-state index in [1.807, 2.05) is 32.0 Å². The Morgan fingerprint density at radius 1 is 0.722 bits per heavy atom. The van der Waals surface area contributed by atoms with Gasteiger partial charge in [-0.1, -0.05) is 38.1 Å². The number of aryl methyl sites for hydroxylation is 1. The summed E-state index contributed by atoms with van der Waals surface area (Å²) in [6.45, 7) is 15.7. The van der Waals surface area contributed by atoms with E-state index in [-0.39, 0.29) is 11.9 Å². The van der Waals surface area contributed by atoms with E-state index in [4.69, 9.17) is 18.5 Å². The standard InChI is InChI=1S/C28H43O7P/c1-22(2)27(29)32-18-11-7-9-13-20-34-36(31,26-17-15-16-24(5)25(26)6)35-21-14-10-8-12-19-33-28(30)23(3)4/h15-17H,1,3,7-14,18-21H2,2,4-6H3. The van der Waals surface area contributed by atoms with Gasteiger partial charge in [-0.2, -0.15) is 0 Å². The van der Waals surface area contributed by atoms with E-state index in [2.05, 4.69) is 13.2 Å². The first-order chi connectivity index (χ1) is 17.1. The fourth-order valence-corrected chi connectivity index (χ4v) is 5.22. The lowest BCUT2D eigenvalue weighted by molar-refractivity contribution is -0.139. The van der Waals surface area contributed by atoms with Crippen molar-refractivity contribution >= 4 is 24.8 Å². The molecule has 0 bridgehead atoms. The second-order valence-corrected chi connectivity index (χ2v) is 11.0. The maximum atomic E-state index is 13.8. The molecular weight excluding hydrogens is 479 g/mol. The minimum Gasteiger partial charge on any atom is -0.462 e. The fraction of sp³-hybridized carbons (Fsp3) is 0.571. The van der Waals surface area contributed by atoms with E-state index in [0.717, 1.165) is 62.5 Å². The predicted octanol–water partition coefficient (Wildman–Crippen LogP) is 6.51. The SMILES string of the molecule is C=C(C)C(=O)OCCCCCCOP(=O)(OCCCCCCOC(=O)C(=C)C)c1cccc(C)c1C. The van der Waals surface area contributed by atoms with E-state index in [9.17, 15) is 14.2 Å². The van der Waals surface area contributed by atoms with Crippen LogP contribution in [0.2, 0.25) is 0 Å². The van der Waals surface area contributed by atoms with Crippen molar-refractivity contribution in [3.05, 3.63) is 53.6 Å². The first-order valence-corrected chi connectivity index (χ1v) is 14.2. The van der Waals surface area contributed by atoms with Gasteiger partial charge in [0.1, 0.15) is 0 Å². The topological polar surface area (TPSA) is 88.1 Å². The van der Waals surface area contributed by atoms with Gasteiger partial charge in [0.05, 0.1) is 31.7 Å². The summed E-state index contributed by atoms with van der Waals surface area (Å²) in [5, 5.41) is 0.612. The van der Waals surface area contributed by atoms with Gasteiger partial charge in [-0.3, -0.25) is 4.57 Å². The van der Waals surface area contributed by atoms with Crippen molar-refractivity contribution in [2.75, 3.05) is 26.4 Å². The van der Waals surface area contributed by atoms with Crippen LogP contribution in [0.5, 0.6) is 0 Å². The van der Waals surface area contributed by atoms with Crippen LogP contribution >= 0.6 is 7.60 Å². The smallest absolute Gasteiger partial charge is 0.361 e. The summed E-state index contributed by atoms with van der Waals surface area (Å²) in [6, 6.07) is 5.66. The van der Waals surface area contributed by atoms with Gasteiger partial charge < -0.3 is 18.5 Å². The lowest BCUT2D eigenvalue weighted by Crippen LogP contribution is -2.16. The average molecular weight is 523 g/mol. The number of carbonyl (C=O) groups excluding carboxylic acids is 2. The minimum absolute atomic E-state index is 0.324. The quantitative estimate of drug-likeness (QED) is 0.0885. The van der Waals surface area contributed by atoms with Crippen LogP contribution in [0.4, 0.5) is 0 Å².